The quantitative estimate of drug-likeness (QED) is 0.0392. The van der Waals surface area contributed by atoms with Gasteiger partial charge >= 0.3 is 11.9 Å². The van der Waals surface area contributed by atoms with Gasteiger partial charge in [0.2, 0.25) is 24.6 Å². The molecule has 9 rings (SSSR count). The molecule has 1 aliphatic carbocycles. The van der Waals surface area contributed by atoms with E-state index in [1.807, 2.05) is 0 Å². The van der Waals surface area contributed by atoms with E-state index >= 15 is 0 Å². The van der Waals surface area contributed by atoms with Crippen molar-refractivity contribution in [2.24, 2.45) is 0 Å². The van der Waals surface area contributed by atoms with Crippen LogP contribution in [-0.2, 0) is 57.0 Å². The highest BCUT2D eigenvalue weighted by atomic mass is 16.7. The average molecular weight is 1290 g/mol. The highest BCUT2D eigenvalue weighted by molar-refractivity contribution is 5.88. The minimum atomic E-state index is -2.03. The van der Waals surface area contributed by atoms with Crippen molar-refractivity contribution in [3.8, 4) is 34.5 Å². The van der Waals surface area contributed by atoms with E-state index in [0.717, 1.165) is 18.2 Å². The average Bonchev–Trinajstić information content (AvgIpc) is 0.805. The Morgan fingerprint density at radius 3 is 1.70 bits per heavy atom. The van der Waals surface area contributed by atoms with Gasteiger partial charge in [-0.05, 0) is 72.7 Å². The SMILES string of the molecule is COc1cc(/C=C/C(=O)OC[C@H]2O[C@@H](Oc3ccc(/C=C/C(=O)O[C@@H]4[C@@H](O)[C@@H](O)[C@H](OC[C@H]5O[C@@H](OC6=C(c7cc(OC)c(O)c(OC)c7)OC7C=C(O)C=C(O[C@@H]8O[C@H](CO)[C@@H](O)[C@H](O)[C@H]8O)C7=C6)[C@H](O)[C@@H](O)[C@@H]5O)O[C@H]4C)cc3)[C@H](O)[C@@H](O)[C@@H]2O)ccc1O. The van der Waals surface area contributed by atoms with Gasteiger partial charge in [0.25, 0.3) is 0 Å². The Bertz CT molecular complexity index is 3210. The van der Waals surface area contributed by atoms with Crippen LogP contribution in [0.4, 0.5) is 0 Å². The zero-order valence-electron chi connectivity index (χ0n) is 48.7. The molecule has 31 nitrogen and oxygen atoms in total. The fourth-order valence-corrected chi connectivity index (χ4v) is 10.2. The number of carbonyl (C=O) groups excluding carboxylic acids is 2. The lowest BCUT2D eigenvalue weighted by atomic mass is 9.96. The molecule has 0 spiro atoms. The number of rotatable bonds is 21. The molecule has 0 bridgehead atoms. The van der Waals surface area contributed by atoms with Crippen molar-refractivity contribution in [2.45, 2.75) is 136 Å². The molecule has 91 heavy (non-hydrogen) atoms. The van der Waals surface area contributed by atoms with E-state index < -0.39 is 172 Å². The second-order valence-corrected chi connectivity index (χ2v) is 21.5. The summed E-state index contributed by atoms with van der Waals surface area (Å²) in [7, 11) is 3.87. The molecule has 0 saturated carbocycles. The van der Waals surface area contributed by atoms with Gasteiger partial charge in [0.1, 0.15) is 115 Å². The second-order valence-electron chi connectivity index (χ2n) is 21.5. The van der Waals surface area contributed by atoms with Crippen LogP contribution in [0.2, 0.25) is 0 Å². The maximum absolute atomic E-state index is 13.1. The molecule has 31 heteroatoms. The summed E-state index contributed by atoms with van der Waals surface area (Å²) in [6.45, 7) is -0.659. The maximum Gasteiger partial charge on any atom is 0.331 e. The third-order valence-corrected chi connectivity index (χ3v) is 15.4. The number of carbonyl (C=O) groups is 2. The van der Waals surface area contributed by atoms with Crippen molar-refractivity contribution in [3.05, 3.63) is 125 Å². The normalized spacial score (nSPS) is 34.2. The molecule has 4 fully saturated rings. The Hall–Kier alpha value is -7.64. The Balaban J connectivity index is 0.812. The van der Waals surface area contributed by atoms with Crippen LogP contribution in [0.25, 0.3) is 17.9 Å². The molecule has 0 amide bonds. The van der Waals surface area contributed by atoms with E-state index in [1.165, 1.54) is 107 Å². The van der Waals surface area contributed by atoms with Gasteiger partial charge < -0.3 is 143 Å². The predicted molar refractivity (Wildman–Crippen MR) is 302 cm³/mol. The number of hydrogen-bond acceptors (Lipinski definition) is 31. The largest absolute Gasteiger partial charge is 0.508 e. The summed E-state index contributed by atoms with van der Waals surface area (Å²) in [4.78, 5) is 25.6. The van der Waals surface area contributed by atoms with Crippen LogP contribution >= 0.6 is 0 Å². The van der Waals surface area contributed by atoms with E-state index in [-0.39, 0.29) is 57.2 Å². The molecule has 0 aromatic heterocycles. The Morgan fingerprint density at radius 1 is 0.549 bits per heavy atom. The molecule has 5 aliphatic heterocycles. The number of aliphatic hydroxyl groups is 13. The number of ether oxygens (including phenoxy) is 14. The van der Waals surface area contributed by atoms with Crippen LogP contribution in [0.3, 0.4) is 0 Å². The van der Waals surface area contributed by atoms with Gasteiger partial charge in [-0.25, -0.2) is 9.59 Å². The molecule has 6 aliphatic rings. The topological polar surface area (TPSA) is 467 Å². The third-order valence-electron chi connectivity index (χ3n) is 15.4. The van der Waals surface area contributed by atoms with Gasteiger partial charge in [-0.2, -0.15) is 0 Å². The number of methoxy groups -OCH3 is 3. The first-order valence-corrected chi connectivity index (χ1v) is 28.2. The number of benzene rings is 3. The van der Waals surface area contributed by atoms with Crippen LogP contribution in [0.15, 0.2) is 108 Å². The zero-order valence-corrected chi connectivity index (χ0v) is 48.7. The van der Waals surface area contributed by atoms with Crippen molar-refractivity contribution < 1.29 is 153 Å². The Morgan fingerprint density at radius 2 is 1.09 bits per heavy atom. The first-order valence-electron chi connectivity index (χ1n) is 28.2. The van der Waals surface area contributed by atoms with Crippen LogP contribution in [0, 0.1) is 0 Å². The lowest BCUT2D eigenvalue weighted by Gasteiger charge is -2.43. The minimum Gasteiger partial charge on any atom is -0.508 e. The second kappa shape index (κ2) is 29.3. The number of phenolic OH excluding ortho intramolecular Hbond substituents is 2. The lowest BCUT2D eigenvalue weighted by Crippen LogP contribution is -2.61. The van der Waals surface area contributed by atoms with Gasteiger partial charge in [-0.1, -0.05) is 18.2 Å². The summed E-state index contributed by atoms with van der Waals surface area (Å²) in [5.41, 5.74) is 1.03. The summed E-state index contributed by atoms with van der Waals surface area (Å²) in [5, 5.41) is 161. The standard InChI is InChI=1S/C60H70O31/c1-24-55(91-42(65)14-8-25-5-10-29(11-6-25)84-58-51(74)48(71)45(68)39(89-58)22-81-41(64)13-9-26-7-12-31(63)34(15-26)78-2)50(73)54(77)57(83-24)82-23-40-46(69)49(72)53(76)60(90-40)87-37-20-30-32(85-56(37)27-16-35(79-3)43(66)36(17-27)80-4)18-28(62)19-33(30)86-59-52(75)47(70)44(67)38(21-61)88-59/h5-20,24,32,38-40,44-55,57-63,66-77H,21-23H2,1-4H3/b13-9+,14-8+/t24-,32?,38+,39+,40+,44+,45+,46+,47-,48-,49-,50-,51+,52+,53+,54+,55-,57+,58+,59+,60+/m0/s1. The molecule has 1 unspecified atom stereocenters. The fourth-order valence-electron chi connectivity index (χ4n) is 10.2. The number of phenols is 2. The van der Waals surface area contributed by atoms with Crippen molar-refractivity contribution in [2.75, 3.05) is 41.2 Å². The summed E-state index contributed by atoms with van der Waals surface area (Å²) < 4.78 is 79.4. The van der Waals surface area contributed by atoms with Crippen LogP contribution < -0.4 is 18.9 Å². The van der Waals surface area contributed by atoms with E-state index in [1.54, 1.807) is 0 Å². The number of hydrogen-bond donors (Lipinski definition) is 15. The molecule has 5 heterocycles. The summed E-state index contributed by atoms with van der Waals surface area (Å²) in [6, 6.07) is 12.8. The summed E-state index contributed by atoms with van der Waals surface area (Å²) in [6.07, 6.45) is -27.1. The van der Waals surface area contributed by atoms with Crippen molar-refractivity contribution >= 4 is 29.8 Å². The van der Waals surface area contributed by atoms with Crippen LogP contribution in [-0.4, -0.2) is 259 Å². The number of aromatic hydroxyl groups is 2. The van der Waals surface area contributed by atoms with Crippen molar-refractivity contribution in [1.82, 2.24) is 0 Å². The molecule has 21 atom stereocenters. The highest BCUT2D eigenvalue weighted by Gasteiger charge is 2.51. The van der Waals surface area contributed by atoms with Gasteiger partial charge in [-0.3, -0.25) is 0 Å². The lowest BCUT2D eigenvalue weighted by molar-refractivity contribution is -0.323. The summed E-state index contributed by atoms with van der Waals surface area (Å²) >= 11 is 0. The molecule has 15 N–H and O–H groups in total. The molecular weight excluding hydrogens is 1220 g/mol. The predicted octanol–water partition coefficient (Wildman–Crippen LogP) is -2.35. The molecule has 496 valence electrons. The van der Waals surface area contributed by atoms with Gasteiger partial charge in [0, 0.05) is 35.4 Å². The van der Waals surface area contributed by atoms with Crippen LogP contribution in [0.5, 0.6) is 34.5 Å². The number of esters is 2. The summed E-state index contributed by atoms with van der Waals surface area (Å²) in [5.74, 6) is -3.48. The number of fused-ring (bicyclic) bond motifs is 1. The first kappa shape index (κ1) is 67.7. The van der Waals surface area contributed by atoms with Gasteiger partial charge in [0.05, 0.1) is 40.6 Å². The van der Waals surface area contributed by atoms with Crippen molar-refractivity contribution in [3.63, 3.8) is 0 Å². The van der Waals surface area contributed by atoms with E-state index in [9.17, 15) is 86.2 Å². The molecule has 3 aromatic carbocycles. The number of allylic oxidation sites excluding steroid dienone is 2. The molecular formula is C60H70O31. The highest BCUT2D eigenvalue weighted by Crippen LogP contribution is 2.45. The monoisotopic (exact) mass is 1290 g/mol. The van der Waals surface area contributed by atoms with Gasteiger partial charge in [0.15, 0.2) is 46.9 Å². The molecule has 3 aromatic rings. The molecule has 0 radical (unpaired) electrons. The fraction of sp³-hybridized carbons (Fsp3) is 0.467. The Kier molecular flexibility index (Phi) is 21.8. The van der Waals surface area contributed by atoms with E-state index in [0.29, 0.717) is 11.1 Å². The minimum absolute atomic E-state index is 0.0303. The van der Waals surface area contributed by atoms with E-state index in [4.69, 9.17) is 66.3 Å². The zero-order chi connectivity index (χ0) is 65.7. The van der Waals surface area contributed by atoms with Crippen LogP contribution in [0.1, 0.15) is 23.6 Å². The molecule has 4 saturated heterocycles. The Labute approximate surface area is 517 Å². The van der Waals surface area contributed by atoms with E-state index in [2.05, 4.69) is 0 Å². The first-order chi connectivity index (χ1) is 43.4. The van der Waals surface area contributed by atoms with Gasteiger partial charge in [-0.15, -0.1) is 0 Å². The smallest absolute Gasteiger partial charge is 0.331 e. The number of aliphatic hydroxyl groups excluding tert-OH is 13. The third kappa shape index (κ3) is 15.2. The van der Waals surface area contributed by atoms with Crippen molar-refractivity contribution in [1.29, 1.82) is 0 Å². The maximum atomic E-state index is 13.1.